The predicted octanol–water partition coefficient (Wildman–Crippen LogP) is 2.58. The molecule has 0 aromatic rings. The largest absolute Gasteiger partial charge is 0.501 e. The zero-order valence-electron chi connectivity index (χ0n) is 6.55. The van der Waals surface area contributed by atoms with E-state index in [2.05, 4.69) is 20.8 Å². The van der Waals surface area contributed by atoms with E-state index in [4.69, 9.17) is 4.74 Å². The minimum absolute atomic E-state index is 0.631. The third-order valence-electron chi connectivity index (χ3n) is 0.858. The van der Waals surface area contributed by atoms with E-state index in [1.54, 1.807) is 6.26 Å². The monoisotopic (exact) mass is 128 g/mol. The van der Waals surface area contributed by atoms with Crippen LogP contribution in [0.4, 0.5) is 0 Å². The van der Waals surface area contributed by atoms with E-state index >= 15 is 0 Å². The highest BCUT2D eigenvalue weighted by molar-refractivity contribution is 4.70. The number of hydrogen-bond acceptors (Lipinski definition) is 1. The summed E-state index contributed by atoms with van der Waals surface area (Å²) < 4.78 is 5.15. The van der Waals surface area contributed by atoms with E-state index < -0.39 is 0 Å². The van der Waals surface area contributed by atoms with Crippen molar-refractivity contribution in [3.05, 3.63) is 12.3 Å². The van der Waals surface area contributed by atoms with Gasteiger partial charge in [0.05, 0.1) is 12.9 Å². The van der Waals surface area contributed by atoms with Crippen LogP contribution in [0.15, 0.2) is 12.3 Å². The van der Waals surface area contributed by atoms with Crippen molar-refractivity contribution in [2.24, 2.45) is 5.92 Å². The van der Waals surface area contributed by atoms with Crippen LogP contribution < -0.4 is 0 Å². The molecule has 0 bridgehead atoms. The Hall–Kier alpha value is -0.460. The molecular weight excluding hydrogens is 112 g/mol. The highest BCUT2D eigenvalue weighted by atomic mass is 16.5. The summed E-state index contributed by atoms with van der Waals surface area (Å²) in [6.07, 6.45) is 4.85. The lowest BCUT2D eigenvalue weighted by molar-refractivity contribution is 0.211. The summed E-state index contributed by atoms with van der Waals surface area (Å²) in [5, 5.41) is 0. The Labute approximate surface area is 57.7 Å². The minimum Gasteiger partial charge on any atom is -0.501 e. The first-order chi connectivity index (χ1) is 4.27. The van der Waals surface area contributed by atoms with Crippen molar-refractivity contribution in [1.29, 1.82) is 0 Å². The van der Waals surface area contributed by atoms with Gasteiger partial charge in [-0.2, -0.15) is 0 Å². The maximum absolute atomic E-state index is 5.15. The van der Waals surface area contributed by atoms with Crippen LogP contribution in [-0.2, 0) is 4.74 Å². The molecule has 0 fully saturated rings. The standard InChI is InChI=1S/C8H16O/c1-4-5-6-9-7-8(2)3/h5-6,8H,4,7H2,1-3H3/b6-5-. The highest BCUT2D eigenvalue weighted by Crippen LogP contribution is 1.92. The molecule has 0 radical (unpaired) electrons. The predicted molar refractivity (Wildman–Crippen MR) is 40.2 cm³/mol. The van der Waals surface area contributed by atoms with Crippen molar-refractivity contribution in [2.75, 3.05) is 6.61 Å². The molecule has 0 aromatic heterocycles. The van der Waals surface area contributed by atoms with Crippen LogP contribution >= 0.6 is 0 Å². The molecule has 0 saturated heterocycles. The highest BCUT2D eigenvalue weighted by Gasteiger charge is 1.88. The number of allylic oxidation sites excluding steroid dienone is 1. The van der Waals surface area contributed by atoms with Gasteiger partial charge in [-0.05, 0) is 12.3 Å². The van der Waals surface area contributed by atoms with Gasteiger partial charge in [-0.25, -0.2) is 0 Å². The van der Waals surface area contributed by atoms with Crippen molar-refractivity contribution in [2.45, 2.75) is 27.2 Å². The lowest BCUT2D eigenvalue weighted by Gasteiger charge is -2.01. The fourth-order valence-corrected chi connectivity index (χ4v) is 0.412. The maximum atomic E-state index is 5.15. The van der Waals surface area contributed by atoms with E-state index in [1.165, 1.54) is 0 Å². The number of hydrogen-bond donors (Lipinski definition) is 0. The summed E-state index contributed by atoms with van der Waals surface area (Å²) in [5.41, 5.74) is 0. The second-order valence-corrected chi connectivity index (χ2v) is 2.51. The van der Waals surface area contributed by atoms with Crippen LogP contribution in [0.3, 0.4) is 0 Å². The molecule has 0 amide bonds. The maximum Gasteiger partial charge on any atom is 0.0895 e. The van der Waals surface area contributed by atoms with Crippen LogP contribution in [-0.4, -0.2) is 6.61 Å². The summed E-state index contributed by atoms with van der Waals surface area (Å²) in [4.78, 5) is 0. The van der Waals surface area contributed by atoms with Gasteiger partial charge in [0.2, 0.25) is 0 Å². The normalized spacial score (nSPS) is 11.1. The van der Waals surface area contributed by atoms with Gasteiger partial charge >= 0.3 is 0 Å². The molecule has 0 aliphatic heterocycles. The molecule has 0 aliphatic carbocycles. The zero-order valence-corrected chi connectivity index (χ0v) is 6.55. The summed E-state index contributed by atoms with van der Waals surface area (Å²) >= 11 is 0. The van der Waals surface area contributed by atoms with Crippen LogP contribution in [0.5, 0.6) is 0 Å². The Morgan fingerprint density at radius 3 is 2.56 bits per heavy atom. The van der Waals surface area contributed by atoms with Gasteiger partial charge in [0, 0.05) is 0 Å². The van der Waals surface area contributed by atoms with Gasteiger partial charge in [-0.1, -0.05) is 26.8 Å². The van der Waals surface area contributed by atoms with Gasteiger partial charge in [0.1, 0.15) is 0 Å². The molecule has 0 N–H and O–H groups in total. The third-order valence-corrected chi connectivity index (χ3v) is 0.858. The second-order valence-electron chi connectivity index (χ2n) is 2.51. The molecular formula is C8H16O. The Kier molecular flexibility index (Phi) is 5.38. The van der Waals surface area contributed by atoms with E-state index in [0.717, 1.165) is 13.0 Å². The van der Waals surface area contributed by atoms with E-state index in [0.29, 0.717) is 5.92 Å². The third kappa shape index (κ3) is 7.54. The number of ether oxygens (including phenoxy) is 1. The van der Waals surface area contributed by atoms with Gasteiger partial charge in [0.25, 0.3) is 0 Å². The summed E-state index contributed by atoms with van der Waals surface area (Å²) in [6.45, 7) is 7.20. The van der Waals surface area contributed by atoms with Crippen molar-refractivity contribution in [3.63, 3.8) is 0 Å². The molecule has 0 aromatic carbocycles. The van der Waals surface area contributed by atoms with Gasteiger partial charge < -0.3 is 4.74 Å². The Balaban J connectivity index is 2.99. The van der Waals surface area contributed by atoms with Crippen LogP contribution in [0.1, 0.15) is 27.2 Å². The molecule has 0 atom stereocenters. The van der Waals surface area contributed by atoms with Crippen molar-refractivity contribution >= 4 is 0 Å². The first-order valence-electron chi connectivity index (χ1n) is 3.54. The van der Waals surface area contributed by atoms with E-state index in [1.807, 2.05) is 6.08 Å². The topological polar surface area (TPSA) is 9.23 Å². The van der Waals surface area contributed by atoms with E-state index in [-0.39, 0.29) is 0 Å². The minimum atomic E-state index is 0.631. The molecule has 1 heteroatoms. The summed E-state index contributed by atoms with van der Waals surface area (Å²) in [6, 6.07) is 0. The molecule has 0 saturated carbocycles. The lowest BCUT2D eigenvalue weighted by atomic mass is 10.2. The summed E-state index contributed by atoms with van der Waals surface area (Å²) in [5.74, 6) is 0.631. The average molecular weight is 128 g/mol. The summed E-state index contributed by atoms with van der Waals surface area (Å²) in [7, 11) is 0. The van der Waals surface area contributed by atoms with Gasteiger partial charge in [-0.3, -0.25) is 0 Å². The average Bonchev–Trinajstić information content (AvgIpc) is 1.80. The van der Waals surface area contributed by atoms with Crippen LogP contribution in [0.2, 0.25) is 0 Å². The SMILES string of the molecule is CC/C=C\OCC(C)C. The quantitative estimate of drug-likeness (QED) is 0.529. The molecule has 1 nitrogen and oxygen atoms in total. The van der Waals surface area contributed by atoms with Crippen molar-refractivity contribution < 1.29 is 4.74 Å². The first kappa shape index (κ1) is 8.54. The second kappa shape index (κ2) is 5.67. The molecule has 0 aliphatic rings. The Bertz CT molecular complexity index is 74.6. The molecule has 54 valence electrons. The fourth-order valence-electron chi connectivity index (χ4n) is 0.412. The fraction of sp³-hybridized carbons (Fsp3) is 0.750. The Morgan fingerprint density at radius 1 is 1.44 bits per heavy atom. The van der Waals surface area contributed by atoms with Crippen LogP contribution in [0, 0.1) is 5.92 Å². The smallest absolute Gasteiger partial charge is 0.0895 e. The molecule has 0 spiro atoms. The van der Waals surface area contributed by atoms with Gasteiger partial charge in [0.15, 0.2) is 0 Å². The van der Waals surface area contributed by atoms with Gasteiger partial charge in [-0.15, -0.1) is 0 Å². The number of rotatable bonds is 4. The zero-order chi connectivity index (χ0) is 7.11. The first-order valence-corrected chi connectivity index (χ1v) is 3.54. The Morgan fingerprint density at radius 2 is 2.11 bits per heavy atom. The van der Waals surface area contributed by atoms with Crippen molar-refractivity contribution in [1.82, 2.24) is 0 Å². The van der Waals surface area contributed by atoms with Crippen LogP contribution in [0.25, 0.3) is 0 Å². The molecule has 0 rings (SSSR count). The molecule has 0 unspecified atom stereocenters. The molecule has 9 heavy (non-hydrogen) atoms. The lowest BCUT2D eigenvalue weighted by Crippen LogP contribution is -1.95. The van der Waals surface area contributed by atoms with E-state index in [9.17, 15) is 0 Å². The molecule has 0 heterocycles. The van der Waals surface area contributed by atoms with Crippen molar-refractivity contribution in [3.8, 4) is 0 Å².